The first-order valence-corrected chi connectivity index (χ1v) is 10.6. The van der Waals surface area contributed by atoms with Crippen LogP contribution >= 0.6 is 11.8 Å². The maximum absolute atomic E-state index is 12.3. The zero-order chi connectivity index (χ0) is 18.5. The van der Waals surface area contributed by atoms with Crippen molar-refractivity contribution in [3.8, 4) is 0 Å². The second kappa shape index (κ2) is 13.1. The number of hydrogen-bond donors (Lipinski definition) is 0. The molecule has 142 valence electrons. The summed E-state index contributed by atoms with van der Waals surface area (Å²) >= 11 is 1.57. The van der Waals surface area contributed by atoms with Crippen molar-refractivity contribution in [2.45, 2.75) is 82.8 Å². The molecule has 0 aliphatic carbocycles. The highest BCUT2D eigenvalue weighted by Gasteiger charge is 2.37. The minimum atomic E-state index is -0.232. The van der Waals surface area contributed by atoms with Gasteiger partial charge in [-0.1, -0.05) is 19.8 Å². The fourth-order valence-electron chi connectivity index (χ4n) is 2.92. The summed E-state index contributed by atoms with van der Waals surface area (Å²) in [6, 6.07) is 0. The van der Waals surface area contributed by atoms with Gasteiger partial charge in [0.05, 0.1) is 5.25 Å². The van der Waals surface area contributed by atoms with E-state index in [2.05, 4.69) is 0 Å². The quantitative estimate of drug-likeness (QED) is 0.251. The Kier molecular flexibility index (Phi) is 11.5. The SMILES string of the molecule is CCCC(=O)CCCCCN1C(=O)CC(SCCCCCC=O)C1=O. The van der Waals surface area contributed by atoms with Gasteiger partial charge in [-0.25, -0.2) is 0 Å². The van der Waals surface area contributed by atoms with Crippen LogP contribution in [-0.2, 0) is 19.2 Å². The summed E-state index contributed by atoms with van der Waals surface area (Å²) < 4.78 is 0. The number of unbranched alkanes of at least 4 members (excludes halogenated alkanes) is 5. The van der Waals surface area contributed by atoms with Crippen molar-refractivity contribution < 1.29 is 19.2 Å². The Bertz CT molecular complexity index is 453. The van der Waals surface area contributed by atoms with Crippen LogP contribution < -0.4 is 0 Å². The van der Waals surface area contributed by atoms with Gasteiger partial charge < -0.3 is 4.79 Å². The van der Waals surface area contributed by atoms with Crippen molar-refractivity contribution in [3.05, 3.63) is 0 Å². The van der Waals surface area contributed by atoms with E-state index in [9.17, 15) is 19.2 Å². The molecule has 0 bridgehead atoms. The number of ketones is 1. The van der Waals surface area contributed by atoms with Crippen molar-refractivity contribution in [1.29, 1.82) is 0 Å². The van der Waals surface area contributed by atoms with E-state index in [1.54, 1.807) is 11.8 Å². The van der Waals surface area contributed by atoms with Gasteiger partial charge in [0.25, 0.3) is 0 Å². The third kappa shape index (κ3) is 8.66. The predicted molar refractivity (Wildman–Crippen MR) is 100 cm³/mol. The lowest BCUT2D eigenvalue weighted by Gasteiger charge is -2.14. The number of amides is 2. The number of carbonyl (C=O) groups is 4. The van der Waals surface area contributed by atoms with E-state index in [0.29, 0.717) is 38.0 Å². The van der Waals surface area contributed by atoms with Gasteiger partial charge in [0.2, 0.25) is 11.8 Å². The average molecular weight is 370 g/mol. The molecule has 0 aromatic carbocycles. The number of thioether (sulfide) groups is 1. The molecule has 1 aliphatic heterocycles. The summed E-state index contributed by atoms with van der Waals surface area (Å²) in [6.45, 7) is 2.48. The van der Waals surface area contributed by atoms with Gasteiger partial charge in [-0.15, -0.1) is 11.8 Å². The third-order valence-electron chi connectivity index (χ3n) is 4.35. The summed E-state index contributed by atoms with van der Waals surface area (Å²) in [5, 5.41) is -0.232. The fourth-order valence-corrected chi connectivity index (χ4v) is 4.11. The Morgan fingerprint density at radius 3 is 2.60 bits per heavy atom. The van der Waals surface area contributed by atoms with Crippen molar-refractivity contribution in [2.24, 2.45) is 0 Å². The largest absolute Gasteiger partial charge is 0.303 e. The zero-order valence-electron chi connectivity index (χ0n) is 15.3. The molecule has 25 heavy (non-hydrogen) atoms. The Balaban J connectivity index is 2.17. The van der Waals surface area contributed by atoms with E-state index in [1.165, 1.54) is 4.90 Å². The monoisotopic (exact) mass is 369 g/mol. The Morgan fingerprint density at radius 1 is 1.12 bits per heavy atom. The molecule has 6 heteroatoms. The van der Waals surface area contributed by atoms with Crippen LogP contribution in [0.2, 0.25) is 0 Å². The van der Waals surface area contributed by atoms with Crippen LogP contribution in [0.15, 0.2) is 0 Å². The molecule has 1 rings (SSSR count). The maximum Gasteiger partial charge on any atom is 0.242 e. The molecule has 0 radical (unpaired) electrons. The maximum atomic E-state index is 12.3. The first-order chi connectivity index (χ1) is 12.1. The number of rotatable bonds is 15. The normalized spacial score (nSPS) is 17.3. The Labute approximate surface area is 155 Å². The summed E-state index contributed by atoms with van der Waals surface area (Å²) in [5.41, 5.74) is 0. The molecule has 1 fully saturated rings. The molecule has 1 heterocycles. The van der Waals surface area contributed by atoms with Crippen LogP contribution in [-0.4, -0.2) is 46.3 Å². The molecular weight excluding hydrogens is 338 g/mol. The van der Waals surface area contributed by atoms with E-state index >= 15 is 0 Å². The van der Waals surface area contributed by atoms with Crippen LogP contribution in [0.5, 0.6) is 0 Å². The number of hydrogen-bond acceptors (Lipinski definition) is 5. The first kappa shape index (κ1) is 21.9. The number of Topliss-reactive ketones (excluding diaryl/α,β-unsaturated/α-hetero) is 1. The van der Waals surface area contributed by atoms with Gasteiger partial charge >= 0.3 is 0 Å². The highest BCUT2D eigenvalue weighted by molar-refractivity contribution is 8.00. The van der Waals surface area contributed by atoms with E-state index in [1.807, 2.05) is 6.92 Å². The van der Waals surface area contributed by atoms with Crippen LogP contribution in [0, 0.1) is 0 Å². The van der Waals surface area contributed by atoms with Gasteiger partial charge in [0, 0.05) is 32.2 Å². The number of likely N-dealkylation sites (tertiary alicyclic amines) is 1. The molecule has 1 aliphatic rings. The average Bonchev–Trinajstić information content (AvgIpc) is 2.85. The lowest BCUT2D eigenvalue weighted by molar-refractivity contribution is -0.138. The highest BCUT2D eigenvalue weighted by atomic mass is 32.2. The Hall–Kier alpha value is -1.17. The highest BCUT2D eigenvalue weighted by Crippen LogP contribution is 2.26. The second-order valence-corrected chi connectivity index (χ2v) is 7.87. The molecule has 0 aromatic heterocycles. The van der Waals surface area contributed by atoms with Crippen molar-refractivity contribution in [1.82, 2.24) is 4.90 Å². The Morgan fingerprint density at radius 2 is 1.88 bits per heavy atom. The zero-order valence-corrected chi connectivity index (χ0v) is 16.2. The molecule has 2 amide bonds. The minimum Gasteiger partial charge on any atom is -0.303 e. The molecule has 0 aromatic rings. The fraction of sp³-hybridized carbons (Fsp3) is 0.789. The van der Waals surface area contributed by atoms with Crippen LogP contribution in [0.1, 0.15) is 77.6 Å². The molecule has 1 unspecified atom stereocenters. The number of imide groups is 1. The predicted octanol–water partition coefficient (Wildman–Crippen LogP) is 3.54. The number of carbonyl (C=O) groups excluding carboxylic acids is 4. The first-order valence-electron chi connectivity index (χ1n) is 9.51. The molecular formula is C19H31NO4S. The topological polar surface area (TPSA) is 71.5 Å². The summed E-state index contributed by atoms with van der Waals surface area (Å²) in [4.78, 5) is 47.4. The van der Waals surface area contributed by atoms with Gasteiger partial charge in [-0.05, 0) is 37.9 Å². The van der Waals surface area contributed by atoms with E-state index in [0.717, 1.165) is 57.0 Å². The third-order valence-corrected chi connectivity index (χ3v) is 5.65. The van der Waals surface area contributed by atoms with Gasteiger partial charge in [0.1, 0.15) is 12.1 Å². The van der Waals surface area contributed by atoms with Crippen LogP contribution in [0.25, 0.3) is 0 Å². The molecule has 1 atom stereocenters. The molecule has 5 nitrogen and oxygen atoms in total. The van der Waals surface area contributed by atoms with Crippen molar-refractivity contribution >= 4 is 35.6 Å². The van der Waals surface area contributed by atoms with E-state index in [4.69, 9.17) is 0 Å². The lowest BCUT2D eigenvalue weighted by atomic mass is 10.1. The van der Waals surface area contributed by atoms with Gasteiger partial charge in [-0.3, -0.25) is 19.3 Å². The second-order valence-electron chi connectivity index (χ2n) is 6.56. The lowest BCUT2D eigenvalue weighted by Crippen LogP contribution is -2.32. The van der Waals surface area contributed by atoms with E-state index < -0.39 is 0 Å². The minimum absolute atomic E-state index is 0.0510. The van der Waals surface area contributed by atoms with E-state index in [-0.39, 0.29) is 17.1 Å². The number of aldehydes is 1. The van der Waals surface area contributed by atoms with Crippen molar-refractivity contribution in [2.75, 3.05) is 12.3 Å². The summed E-state index contributed by atoms with van der Waals surface area (Å²) in [5.74, 6) is 1.05. The number of nitrogens with zero attached hydrogens (tertiary/aromatic N) is 1. The summed E-state index contributed by atoms with van der Waals surface area (Å²) in [6.07, 6.45) is 9.36. The van der Waals surface area contributed by atoms with Crippen LogP contribution in [0.4, 0.5) is 0 Å². The molecule has 0 spiro atoms. The van der Waals surface area contributed by atoms with Crippen molar-refractivity contribution in [3.63, 3.8) is 0 Å². The summed E-state index contributed by atoms with van der Waals surface area (Å²) in [7, 11) is 0. The molecule has 1 saturated heterocycles. The standard InChI is InChI=1S/C19H31NO4S/c1-2-10-16(22)11-6-5-7-12-20-18(23)15-17(19(20)24)25-14-9-4-3-8-13-21/h13,17H,2-12,14-15H2,1H3. The molecule has 0 saturated carbocycles. The van der Waals surface area contributed by atoms with Gasteiger partial charge in [-0.2, -0.15) is 0 Å². The molecule has 0 N–H and O–H groups in total. The smallest absolute Gasteiger partial charge is 0.242 e. The van der Waals surface area contributed by atoms with Crippen LogP contribution in [0.3, 0.4) is 0 Å². The van der Waals surface area contributed by atoms with Gasteiger partial charge in [0.15, 0.2) is 0 Å².